The summed E-state index contributed by atoms with van der Waals surface area (Å²) >= 11 is 0. The molecule has 0 radical (unpaired) electrons. The number of hydrogen-bond acceptors (Lipinski definition) is 5. The van der Waals surface area contributed by atoms with Crippen molar-refractivity contribution in [2.45, 2.75) is 39.0 Å². The van der Waals surface area contributed by atoms with Crippen LogP contribution in [0.15, 0.2) is 0 Å². The predicted octanol–water partition coefficient (Wildman–Crippen LogP) is -0.711. The lowest BCUT2D eigenvalue weighted by molar-refractivity contribution is -0.140. The van der Waals surface area contributed by atoms with E-state index in [9.17, 15) is 14.7 Å². The summed E-state index contributed by atoms with van der Waals surface area (Å²) in [7, 11) is 0. The van der Waals surface area contributed by atoms with Crippen molar-refractivity contribution < 1.29 is 25.0 Å². The van der Waals surface area contributed by atoms with Gasteiger partial charge in [0, 0.05) is 6.42 Å². The molecule has 0 saturated heterocycles. The van der Waals surface area contributed by atoms with Crippen LogP contribution in [0.4, 0.5) is 0 Å². The second-order valence-electron chi connectivity index (χ2n) is 3.72. The van der Waals surface area contributed by atoms with Gasteiger partial charge in [0.05, 0.1) is 0 Å². The highest BCUT2D eigenvalue weighted by Gasteiger charge is 2.20. The molecular weight excluding hydrogens is 216 g/mol. The molecule has 0 aromatic carbocycles. The molecule has 3 atom stereocenters. The van der Waals surface area contributed by atoms with Crippen molar-refractivity contribution in [2.75, 3.05) is 0 Å². The van der Waals surface area contributed by atoms with Gasteiger partial charge in [0.25, 0.3) is 0 Å². The third kappa shape index (κ3) is 5.64. The largest absolute Gasteiger partial charge is 0.480 e. The number of aliphatic hydroxyl groups excluding tert-OH is 1. The van der Waals surface area contributed by atoms with Gasteiger partial charge in [-0.15, -0.1) is 0 Å². The molecular formula is C9H18N2O5. The number of aliphatic hydroxyl groups is 1. The van der Waals surface area contributed by atoms with Crippen molar-refractivity contribution in [1.82, 2.24) is 10.8 Å². The van der Waals surface area contributed by atoms with Gasteiger partial charge in [-0.2, -0.15) is 0 Å². The molecule has 0 heterocycles. The molecule has 0 aromatic rings. The number of carboxylic acids is 1. The highest BCUT2D eigenvalue weighted by Crippen LogP contribution is 2.09. The number of carboxylic acid groups (broad SMARTS) is 1. The summed E-state index contributed by atoms with van der Waals surface area (Å²) in [6, 6.07) is -0.857. The topological polar surface area (TPSA) is 119 Å². The number of rotatable bonds is 7. The lowest BCUT2D eigenvalue weighted by Gasteiger charge is -2.21. The van der Waals surface area contributed by atoms with E-state index in [2.05, 4.69) is 5.32 Å². The van der Waals surface area contributed by atoms with Crippen LogP contribution in [0.3, 0.4) is 0 Å². The first-order chi connectivity index (χ1) is 7.38. The van der Waals surface area contributed by atoms with Crippen LogP contribution < -0.4 is 10.8 Å². The van der Waals surface area contributed by atoms with Crippen LogP contribution in [0.2, 0.25) is 0 Å². The Labute approximate surface area is 93.4 Å². The lowest BCUT2D eigenvalue weighted by atomic mass is 10.0. The SMILES string of the molecule is CC(CCC(=O)NO)C(O)N[C@@H](C)C(=O)O. The van der Waals surface area contributed by atoms with Crippen molar-refractivity contribution >= 4 is 11.9 Å². The van der Waals surface area contributed by atoms with Crippen molar-refractivity contribution in [3.63, 3.8) is 0 Å². The number of aliphatic carboxylic acids is 1. The van der Waals surface area contributed by atoms with Crippen LogP contribution in [0.1, 0.15) is 26.7 Å². The highest BCUT2D eigenvalue weighted by molar-refractivity contribution is 5.74. The van der Waals surface area contributed by atoms with Gasteiger partial charge in [0.2, 0.25) is 5.91 Å². The van der Waals surface area contributed by atoms with E-state index < -0.39 is 24.1 Å². The quantitative estimate of drug-likeness (QED) is 0.225. The van der Waals surface area contributed by atoms with E-state index in [1.54, 1.807) is 6.92 Å². The first-order valence-electron chi connectivity index (χ1n) is 4.98. The van der Waals surface area contributed by atoms with E-state index in [-0.39, 0.29) is 12.3 Å². The fourth-order valence-corrected chi connectivity index (χ4v) is 1.06. The molecule has 0 saturated carbocycles. The molecule has 94 valence electrons. The first kappa shape index (κ1) is 14.8. The van der Waals surface area contributed by atoms with Crippen LogP contribution in [0.25, 0.3) is 0 Å². The second kappa shape index (κ2) is 7.15. The molecule has 0 spiro atoms. The molecule has 0 fully saturated rings. The lowest BCUT2D eigenvalue weighted by Crippen LogP contribution is -2.44. The Kier molecular flexibility index (Phi) is 6.63. The Bertz CT molecular complexity index is 246. The van der Waals surface area contributed by atoms with E-state index in [1.165, 1.54) is 12.4 Å². The highest BCUT2D eigenvalue weighted by atomic mass is 16.5. The van der Waals surface area contributed by atoms with Crippen molar-refractivity contribution in [1.29, 1.82) is 0 Å². The number of hydroxylamine groups is 1. The first-order valence-corrected chi connectivity index (χ1v) is 4.98. The van der Waals surface area contributed by atoms with Gasteiger partial charge < -0.3 is 10.2 Å². The maximum absolute atomic E-state index is 10.7. The van der Waals surface area contributed by atoms with Crippen LogP contribution in [0, 0.1) is 5.92 Å². The zero-order chi connectivity index (χ0) is 12.7. The van der Waals surface area contributed by atoms with E-state index in [1.807, 2.05) is 0 Å². The summed E-state index contributed by atoms with van der Waals surface area (Å²) in [5.41, 5.74) is 1.48. The molecule has 7 nitrogen and oxygen atoms in total. The minimum Gasteiger partial charge on any atom is -0.480 e. The maximum Gasteiger partial charge on any atom is 0.320 e. The third-order valence-electron chi connectivity index (χ3n) is 2.28. The molecule has 7 heteroatoms. The standard InChI is InChI=1S/C9H18N2O5/c1-5(3-4-7(12)11-16)8(13)10-6(2)9(14)15/h5-6,8,10,13,16H,3-4H2,1-2H3,(H,11,12)(H,14,15)/t5?,6-,8?/m0/s1. The smallest absolute Gasteiger partial charge is 0.320 e. The van der Waals surface area contributed by atoms with Crippen LogP contribution in [-0.2, 0) is 9.59 Å². The molecule has 0 aliphatic heterocycles. The summed E-state index contributed by atoms with van der Waals surface area (Å²) in [6.07, 6.45) is -0.595. The van der Waals surface area contributed by atoms with Crippen molar-refractivity contribution in [2.24, 2.45) is 5.92 Å². The van der Waals surface area contributed by atoms with Gasteiger partial charge in [-0.05, 0) is 19.3 Å². The molecule has 1 amide bonds. The number of amides is 1. The number of carbonyl (C=O) groups is 2. The average Bonchev–Trinajstić information content (AvgIpc) is 2.24. The Morgan fingerprint density at radius 2 is 1.88 bits per heavy atom. The molecule has 2 unspecified atom stereocenters. The molecule has 0 aliphatic carbocycles. The van der Waals surface area contributed by atoms with Gasteiger partial charge >= 0.3 is 5.97 Å². The fraction of sp³-hybridized carbons (Fsp3) is 0.778. The average molecular weight is 234 g/mol. The summed E-state index contributed by atoms with van der Waals surface area (Å²) in [5.74, 6) is -1.89. The normalized spacial score (nSPS) is 16.2. The van der Waals surface area contributed by atoms with Gasteiger partial charge in [0.1, 0.15) is 12.3 Å². The Hall–Kier alpha value is -1.18. The Balaban J connectivity index is 3.94. The minimum absolute atomic E-state index is 0.0673. The zero-order valence-electron chi connectivity index (χ0n) is 9.30. The van der Waals surface area contributed by atoms with Gasteiger partial charge in [-0.25, -0.2) is 5.48 Å². The Morgan fingerprint density at radius 1 is 1.31 bits per heavy atom. The molecule has 0 aliphatic rings. The van der Waals surface area contributed by atoms with Gasteiger partial charge in [-0.1, -0.05) is 6.92 Å². The zero-order valence-corrected chi connectivity index (χ0v) is 9.30. The second-order valence-corrected chi connectivity index (χ2v) is 3.72. The fourth-order valence-electron chi connectivity index (χ4n) is 1.06. The number of nitrogens with one attached hydrogen (secondary N) is 2. The Morgan fingerprint density at radius 3 is 2.31 bits per heavy atom. The van der Waals surface area contributed by atoms with Crippen LogP contribution >= 0.6 is 0 Å². The van der Waals surface area contributed by atoms with E-state index in [4.69, 9.17) is 10.3 Å². The summed E-state index contributed by atoms with van der Waals surface area (Å²) in [5, 5.41) is 28.9. The van der Waals surface area contributed by atoms with E-state index >= 15 is 0 Å². The van der Waals surface area contributed by atoms with Crippen LogP contribution in [-0.4, -0.2) is 39.6 Å². The van der Waals surface area contributed by atoms with E-state index in [0.29, 0.717) is 6.42 Å². The molecule has 0 aromatic heterocycles. The molecule has 0 rings (SSSR count). The van der Waals surface area contributed by atoms with Crippen molar-refractivity contribution in [3.8, 4) is 0 Å². The van der Waals surface area contributed by atoms with Gasteiger partial charge in [-0.3, -0.25) is 20.1 Å². The summed E-state index contributed by atoms with van der Waals surface area (Å²) in [4.78, 5) is 21.2. The number of hydrogen-bond donors (Lipinski definition) is 5. The van der Waals surface area contributed by atoms with Crippen molar-refractivity contribution in [3.05, 3.63) is 0 Å². The van der Waals surface area contributed by atoms with Gasteiger partial charge in [0.15, 0.2) is 0 Å². The summed E-state index contributed by atoms with van der Waals surface area (Å²) < 4.78 is 0. The maximum atomic E-state index is 10.7. The third-order valence-corrected chi connectivity index (χ3v) is 2.28. The monoisotopic (exact) mass is 234 g/mol. The number of carbonyl (C=O) groups excluding carboxylic acids is 1. The van der Waals surface area contributed by atoms with Crippen LogP contribution in [0.5, 0.6) is 0 Å². The molecule has 16 heavy (non-hydrogen) atoms. The molecule has 5 N–H and O–H groups in total. The van der Waals surface area contributed by atoms with E-state index in [0.717, 1.165) is 0 Å². The summed E-state index contributed by atoms with van der Waals surface area (Å²) in [6.45, 7) is 3.09. The molecule has 0 bridgehead atoms. The predicted molar refractivity (Wildman–Crippen MR) is 54.6 cm³/mol. The minimum atomic E-state index is -1.06.